The minimum Gasteiger partial charge on any atom is -0.361 e. The molecule has 3 N–H and O–H groups in total. The Morgan fingerprint density at radius 1 is 0.973 bits per heavy atom. The van der Waals surface area contributed by atoms with Crippen LogP contribution in [-0.2, 0) is 26.3 Å². The van der Waals surface area contributed by atoms with Crippen molar-refractivity contribution in [3.63, 3.8) is 0 Å². The standard InChI is InChI=1S/C29H23FN4O3/c1-15-6-9-18(10-7-15)34-26(35)24-23(12-16-14-31-21-5-3-2-4-19(16)21)33-29(25(24)27(34)36)20-13-17(30)8-11-22(20)32-28(29)37/h2-11,13-14,23-25,31,33H,12H2,1H3,(H,32,37)/t23?,24-,25+,29?/m1/s1. The highest BCUT2D eigenvalue weighted by Gasteiger charge is 2.70. The summed E-state index contributed by atoms with van der Waals surface area (Å²) >= 11 is 0. The van der Waals surface area contributed by atoms with Crippen molar-refractivity contribution in [2.24, 2.45) is 11.8 Å². The maximum absolute atomic E-state index is 14.5. The maximum atomic E-state index is 14.5. The van der Waals surface area contributed by atoms with Crippen LogP contribution in [0.25, 0.3) is 10.9 Å². The molecule has 3 aliphatic rings. The van der Waals surface area contributed by atoms with E-state index in [1.807, 2.05) is 49.5 Å². The quantitative estimate of drug-likeness (QED) is 0.378. The number of halogens is 1. The van der Waals surface area contributed by atoms with Crippen LogP contribution in [0.1, 0.15) is 16.7 Å². The van der Waals surface area contributed by atoms with Gasteiger partial charge in [-0.15, -0.1) is 0 Å². The number of para-hydroxylation sites is 1. The van der Waals surface area contributed by atoms with Gasteiger partial charge in [0.1, 0.15) is 11.4 Å². The summed E-state index contributed by atoms with van der Waals surface area (Å²) in [5, 5.41) is 7.22. The predicted molar refractivity (Wildman–Crippen MR) is 136 cm³/mol. The molecule has 2 fully saturated rings. The smallest absolute Gasteiger partial charge is 0.250 e. The molecule has 2 unspecified atom stereocenters. The average molecular weight is 495 g/mol. The molecule has 7 nitrogen and oxygen atoms in total. The topological polar surface area (TPSA) is 94.3 Å². The molecule has 4 atom stereocenters. The highest BCUT2D eigenvalue weighted by molar-refractivity contribution is 6.25. The summed E-state index contributed by atoms with van der Waals surface area (Å²) in [5.41, 5.74) is 2.65. The number of hydrogen-bond acceptors (Lipinski definition) is 4. The number of anilines is 2. The number of H-pyrrole nitrogens is 1. The lowest BCUT2D eigenvalue weighted by Crippen LogP contribution is -2.53. The first-order chi connectivity index (χ1) is 17.9. The molecule has 0 bridgehead atoms. The van der Waals surface area contributed by atoms with Crippen LogP contribution in [0.2, 0.25) is 0 Å². The van der Waals surface area contributed by atoms with Crippen molar-refractivity contribution < 1.29 is 18.8 Å². The summed E-state index contributed by atoms with van der Waals surface area (Å²) in [4.78, 5) is 46.1. The molecule has 3 amide bonds. The van der Waals surface area contributed by atoms with Crippen molar-refractivity contribution in [2.75, 3.05) is 10.2 Å². The molecule has 8 heteroatoms. The Bertz CT molecular complexity index is 1630. The van der Waals surface area contributed by atoms with Crippen molar-refractivity contribution in [3.8, 4) is 0 Å². The lowest BCUT2D eigenvalue weighted by Gasteiger charge is -2.29. The third kappa shape index (κ3) is 2.93. The molecule has 4 heterocycles. The molecular weight excluding hydrogens is 471 g/mol. The number of carbonyl (C=O) groups is 3. The monoisotopic (exact) mass is 494 g/mol. The number of aryl methyl sites for hydroxylation is 1. The number of aromatic nitrogens is 1. The third-order valence-electron chi connectivity index (χ3n) is 8.08. The third-order valence-corrected chi connectivity index (χ3v) is 8.08. The minimum atomic E-state index is -1.55. The number of carbonyl (C=O) groups excluding carboxylic acids is 3. The fourth-order valence-electron chi connectivity index (χ4n) is 6.43. The van der Waals surface area contributed by atoms with Crippen molar-refractivity contribution in [1.82, 2.24) is 10.3 Å². The van der Waals surface area contributed by atoms with Crippen LogP contribution in [-0.4, -0.2) is 28.7 Å². The highest BCUT2D eigenvalue weighted by Crippen LogP contribution is 2.54. The molecule has 2 saturated heterocycles. The van der Waals surface area contributed by atoms with E-state index in [1.54, 1.807) is 12.1 Å². The number of hydrogen-bond donors (Lipinski definition) is 3. The van der Waals surface area contributed by atoms with Crippen LogP contribution in [0.5, 0.6) is 0 Å². The van der Waals surface area contributed by atoms with Crippen LogP contribution in [0.3, 0.4) is 0 Å². The molecule has 3 aliphatic heterocycles. The van der Waals surface area contributed by atoms with Crippen molar-refractivity contribution >= 4 is 40.0 Å². The zero-order valence-corrected chi connectivity index (χ0v) is 19.9. The maximum Gasteiger partial charge on any atom is 0.250 e. The van der Waals surface area contributed by atoms with Gasteiger partial charge in [-0.2, -0.15) is 0 Å². The van der Waals surface area contributed by atoms with Gasteiger partial charge in [0.25, 0.3) is 0 Å². The van der Waals surface area contributed by atoms with Gasteiger partial charge in [0.05, 0.1) is 17.5 Å². The molecule has 3 aromatic carbocycles. The van der Waals surface area contributed by atoms with Crippen LogP contribution < -0.4 is 15.5 Å². The normalized spacial score (nSPS) is 26.3. The number of rotatable bonds is 3. The van der Waals surface area contributed by atoms with Crippen molar-refractivity contribution in [3.05, 3.63) is 95.4 Å². The number of amides is 3. The van der Waals surface area contributed by atoms with Gasteiger partial charge in [-0.1, -0.05) is 35.9 Å². The summed E-state index contributed by atoms with van der Waals surface area (Å²) in [7, 11) is 0. The molecule has 7 rings (SSSR count). The molecule has 1 aromatic heterocycles. The lowest BCUT2D eigenvalue weighted by molar-refractivity contribution is -0.130. The molecule has 37 heavy (non-hydrogen) atoms. The Morgan fingerprint density at radius 2 is 1.76 bits per heavy atom. The second-order valence-corrected chi connectivity index (χ2v) is 10.1. The predicted octanol–water partition coefficient (Wildman–Crippen LogP) is 3.78. The Morgan fingerprint density at radius 3 is 2.57 bits per heavy atom. The van der Waals surface area contributed by atoms with E-state index in [0.29, 0.717) is 23.4 Å². The zero-order chi connectivity index (χ0) is 25.5. The minimum absolute atomic E-state index is 0.356. The van der Waals surface area contributed by atoms with Crippen molar-refractivity contribution in [1.29, 1.82) is 0 Å². The van der Waals surface area contributed by atoms with Crippen LogP contribution in [0.4, 0.5) is 15.8 Å². The molecule has 0 aliphatic carbocycles. The van der Waals surface area contributed by atoms with E-state index in [1.165, 1.54) is 23.1 Å². The van der Waals surface area contributed by atoms with Gasteiger partial charge in [-0.3, -0.25) is 19.7 Å². The van der Waals surface area contributed by atoms with E-state index in [4.69, 9.17) is 0 Å². The van der Waals surface area contributed by atoms with E-state index in [2.05, 4.69) is 15.6 Å². The van der Waals surface area contributed by atoms with Gasteiger partial charge in [0.2, 0.25) is 17.7 Å². The Labute approximate surface area is 211 Å². The van der Waals surface area contributed by atoms with E-state index in [0.717, 1.165) is 22.0 Å². The molecule has 184 valence electrons. The molecule has 0 saturated carbocycles. The summed E-state index contributed by atoms with van der Waals surface area (Å²) in [6.07, 6.45) is 2.30. The molecular formula is C29H23FN4O3. The Kier molecular flexibility index (Phi) is 4.51. The second-order valence-electron chi connectivity index (χ2n) is 10.1. The summed E-state index contributed by atoms with van der Waals surface area (Å²) in [6, 6.07) is 18.5. The number of nitrogens with zero attached hydrogens (tertiary/aromatic N) is 1. The van der Waals surface area contributed by atoms with Crippen LogP contribution in [0, 0.1) is 24.6 Å². The first kappa shape index (κ1) is 21.9. The number of fused-ring (bicyclic) bond motifs is 5. The van der Waals surface area contributed by atoms with E-state index in [9.17, 15) is 18.8 Å². The largest absolute Gasteiger partial charge is 0.361 e. The number of nitrogens with one attached hydrogen (secondary N) is 3. The van der Waals surface area contributed by atoms with Gasteiger partial charge in [0.15, 0.2) is 0 Å². The average Bonchev–Trinajstić information content (AvgIpc) is 3.59. The number of aromatic amines is 1. The summed E-state index contributed by atoms with van der Waals surface area (Å²) in [5.74, 6) is -3.59. The fraction of sp³-hybridized carbons (Fsp3) is 0.207. The molecule has 1 spiro atoms. The molecule has 4 aromatic rings. The number of benzene rings is 3. The summed E-state index contributed by atoms with van der Waals surface area (Å²) < 4.78 is 14.5. The van der Waals surface area contributed by atoms with Gasteiger partial charge in [-0.05, 0) is 55.3 Å². The lowest BCUT2D eigenvalue weighted by atomic mass is 9.76. The molecule has 0 radical (unpaired) electrons. The van der Waals surface area contributed by atoms with Crippen LogP contribution >= 0.6 is 0 Å². The SMILES string of the molecule is Cc1ccc(N2C(=O)[C@@H]3C(Cc4c[nH]c5ccccc45)NC4(C(=O)Nc5ccc(F)cc54)[C@@H]3C2=O)cc1. The van der Waals surface area contributed by atoms with Crippen molar-refractivity contribution in [2.45, 2.75) is 24.9 Å². The second kappa shape index (κ2) is 7.60. The number of imide groups is 1. The fourth-order valence-corrected chi connectivity index (χ4v) is 6.43. The highest BCUT2D eigenvalue weighted by atomic mass is 19.1. The van der Waals surface area contributed by atoms with E-state index in [-0.39, 0.29) is 5.91 Å². The summed E-state index contributed by atoms with van der Waals surface area (Å²) in [6.45, 7) is 1.93. The van der Waals surface area contributed by atoms with E-state index < -0.39 is 41.0 Å². The van der Waals surface area contributed by atoms with Gasteiger partial charge >= 0.3 is 0 Å². The first-order valence-electron chi connectivity index (χ1n) is 12.3. The van der Waals surface area contributed by atoms with Gasteiger partial charge in [0, 0.05) is 34.4 Å². The first-order valence-corrected chi connectivity index (χ1v) is 12.3. The van der Waals surface area contributed by atoms with Gasteiger partial charge < -0.3 is 10.3 Å². The zero-order valence-electron chi connectivity index (χ0n) is 19.9. The Hall–Kier alpha value is -4.30. The van der Waals surface area contributed by atoms with Crippen LogP contribution in [0.15, 0.2) is 72.9 Å². The van der Waals surface area contributed by atoms with Gasteiger partial charge in [-0.25, -0.2) is 9.29 Å². The van der Waals surface area contributed by atoms with E-state index >= 15 is 0 Å². The Balaban J connectivity index is 1.38.